The lowest BCUT2D eigenvalue weighted by atomic mass is 10.2. The van der Waals surface area contributed by atoms with Gasteiger partial charge in [-0.05, 0) is 63.0 Å². The molecule has 0 fully saturated rings. The topological polar surface area (TPSA) is 119 Å². The number of halogens is 2. The van der Waals surface area contributed by atoms with Gasteiger partial charge in [-0.25, -0.2) is 4.79 Å². The van der Waals surface area contributed by atoms with Crippen molar-refractivity contribution in [1.29, 1.82) is 0 Å². The zero-order valence-electron chi connectivity index (χ0n) is 14.3. The number of phenols is 2. The Morgan fingerprint density at radius 2 is 1.68 bits per heavy atom. The van der Waals surface area contributed by atoms with Crippen molar-refractivity contribution in [3.63, 3.8) is 0 Å². The summed E-state index contributed by atoms with van der Waals surface area (Å²) in [5, 5.41) is 18.0. The normalized spacial score (nSPS) is 13.9. The monoisotopic (exact) mass is 516 g/mol. The second-order valence-electron chi connectivity index (χ2n) is 5.19. The second kappa shape index (κ2) is 9.56. The number of aromatic hydroxyl groups is 2. The maximum Gasteiger partial charge on any atom is 0.389 e. The highest BCUT2D eigenvalue weighted by Crippen LogP contribution is 2.42. The molecule has 2 aromatic rings. The fourth-order valence-corrected chi connectivity index (χ4v) is 3.00. The molecule has 0 aliphatic carbocycles. The van der Waals surface area contributed by atoms with Crippen molar-refractivity contribution in [2.24, 2.45) is 0 Å². The van der Waals surface area contributed by atoms with Crippen LogP contribution in [-0.2, 0) is 9.53 Å². The first-order valence-electron chi connectivity index (χ1n) is 7.77. The van der Waals surface area contributed by atoms with E-state index in [0.717, 1.165) is 0 Å². The molecule has 0 radical (unpaired) electrons. The van der Waals surface area contributed by atoms with E-state index in [1.807, 2.05) is 0 Å². The van der Waals surface area contributed by atoms with Crippen molar-refractivity contribution in [2.45, 2.75) is 13.2 Å². The Kier molecular flexibility index (Phi) is 7.41. The molecular formula is C18H14Br2O8. The highest BCUT2D eigenvalue weighted by Gasteiger charge is 2.34. The summed E-state index contributed by atoms with van der Waals surface area (Å²) in [5.74, 6) is -0.409. The average Bonchev–Trinajstić information content (AvgIpc) is 3.13. The van der Waals surface area contributed by atoms with E-state index in [1.54, 1.807) is 19.1 Å². The van der Waals surface area contributed by atoms with Crippen LogP contribution in [0.4, 0.5) is 0 Å². The van der Waals surface area contributed by atoms with Gasteiger partial charge in [0.15, 0.2) is 35.6 Å². The molecule has 3 rings (SSSR count). The maximum absolute atomic E-state index is 11.4. The molecule has 1 unspecified atom stereocenters. The Bertz CT molecular complexity index is 913. The maximum atomic E-state index is 11.4. The highest BCUT2D eigenvalue weighted by atomic mass is 79.9. The summed E-state index contributed by atoms with van der Waals surface area (Å²) in [7, 11) is 0. The summed E-state index contributed by atoms with van der Waals surface area (Å²) in [5.41, 5.74) is 0.733. The van der Waals surface area contributed by atoms with Crippen LogP contribution in [0.25, 0.3) is 0 Å². The molecule has 10 heteroatoms. The van der Waals surface area contributed by atoms with Gasteiger partial charge in [0.2, 0.25) is 0 Å². The van der Waals surface area contributed by atoms with Gasteiger partial charge in [0.05, 0.1) is 15.6 Å². The lowest BCUT2D eigenvalue weighted by Crippen LogP contribution is -2.30. The lowest BCUT2D eigenvalue weighted by Gasteiger charge is -2.08. The van der Waals surface area contributed by atoms with Crippen LogP contribution in [0, 0.1) is 0 Å². The van der Waals surface area contributed by atoms with E-state index in [0.29, 0.717) is 39.7 Å². The number of hydrogen-bond acceptors (Lipinski definition) is 8. The minimum Gasteiger partial charge on any atom is -0.504 e. The largest absolute Gasteiger partial charge is 0.504 e. The quantitative estimate of drug-likeness (QED) is 0.358. The number of rotatable bonds is 4. The van der Waals surface area contributed by atoms with Crippen molar-refractivity contribution in [1.82, 2.24) is 0 Å². The minimum absolute atomic E-state index is 0.215. The highest BCUT2D eigenvalue weighted by molar-refractivity contribution is 9.11. The Labute approximate surface area is 176 Å². The Hall–Kier alpha value is -2.59. The van der Waals surface area contributed by atoms with Crippen LogP contribution < -0.4 is 9.47 Å². The number of carbonyl (C=O) groups excluding carboxylic acids is 3. The Balaban J connectivity index is 0.000000221. The molecule has 148 valence electrons. The molecule has 0 spiro atoms. The van der Waals surface area contributed by atoms with E-state index in [1.165, 1.54) is 12.1 Å². The molecule has 1 atom stereocenters. The molecule has 1 aliphatic rings. The second-order valence-corrected chi connectivity index (χ2v) is 6.77. The van der Waals surface area contributed by atoms with Gasteiger partial charge >= 0.3 is 12.3 Å². The van der Waals surface area contributed by atoms with Crippen molar-refractivity contribution >= 4 is 50.4 Å². The van der Waals surface area contributed by atoms with Crippen LogP contribution in [-0.4, -0.2) is 41.7 Å². The van der Waals surface area contributed by atoms with E-state index in [4.69, 9.17) is 24.4 Å². The summed E-state index contributed by atoms with van der Waals surface area (Å²) < 4.78 is 16.0. The predicted octanol–water partition coefficient (Wildman–Crippen LogP) is 3.59. The predicted molar refractivity (Wildman–Crippen MR) is 104 cm³/mol. The van der Waals surface area contributed by atoms with Crippen LogP contribution in [0.1, 0.15) is 27.6 Å². The first-order valence-corrected chi connectivity index (χ1v) is 9.35. The molecule has 0 aromatic heterocycles. The smallest absolute Gasteiger partial charge is 0.389 e. The van der Waals surface area contributed by atoms with E-state index < -0.39 is 12.3 Å². The molecule has 0 bridgehead atoms. The van der Waals surface area contributed by atoms with Gasteiger partial charge in [-0.2, -0.15) is 0 Å². The first-order chi connectivity index (χ1) is 13.3. The number of aldehydes is 2. The van der Waals surface area contributed by atoms with Crippen LogP contribution >= 0.6 is 31.9 Å². The molecule has 28 heavy (non-hydrogen) atoms. The number of carbonyl (C=O) groups is 3. The lowest BCUT2D eigenvalue weighted by molar-refractivity contribution is -0.161. The van der Waals surface area contributed by atoms with Gasteiger partial charge < -0.3 is 24.4 Å². The number of phenolic OH excluding ortho intramolecular Hbond substituents is 2. The third-order valence-electron chi connectivity index (χ3n) is 3.41. The fraction of sp³-hybridized carbons (Fsp3) is 0.167. The molecule has 0 saturated heterocycles. The van der Waals surface area contributed by atoms with Crippen LogP contribution in [0.15, 0.2) is 33.2 Å². The summed E-state index contributed by atoms with van der Waals surface area (Å²) in [4.78, 5) is 32.4. The van der Waals surface area contributed by atoms with E-state index >= 15 is 0 Å². The van der Waals surface area contributed by atoms with Gasteiger partial charge in [0.1, 0.15) is 0 Å². The van der Waals surface area contributed by atoms with Gasteiger partial charge in [-0.1, -0.05) is 0 Å². The molecule has 0 saturated carbocycles. The third kappa shape index (κ3) is 4.63. The average molecular weight is 518 g/mol. The number of esters is 1. The van der Waals surface area contributed by atoms with Crippen LogP contribution in [0.2, 0.25) is 0 Å². The number of ether oxygens (including phenoxy) is 3. The van der Waals surface area contributed by atoms with Crippen molar-refractivity contribution in [2.75, 3.05) is 6.61 Å². The number of hydrogen-bond donors (Lipinski definition) is 2. The minimum atomic E-state index is -1.11. The van der Waals surface area contributed by atoms with Gasteiger partial charge in [-0.3, -0.25) is 9.59 Å². The van der Waals surface area contributed by atoms with E-state index in [2.05, 4.69) is 31.9 Å². The van der Waals surface area contributed by atoms with Crippen molar-refractivity contribution < 1.29 is 38.8 Å². The van der Waals surface area contributed by atoms with Gasteiger partial charge in [0, 0.05) is 11.1 Å². The van der Waals surface area contributed by atoms with Crippen LogP contribution in [0.3, 0.4) is 0 Å². The van der Waals surface area contributed by atoms with Crippen LogP contribution in [0.5, 0.6) is 23.0 Å². The summed E-state index contributed by atoms with van der Waals surface area (Å²) in [6, 6.07) is 5.81. The zero-order chi connectivity index (χ0) is 20.8. The molecule has 0 amide bonds. The summed E-state index contributed by atoms with van der Waals surface area (Å²) in [6.45, 7) is 1.94. The number of fused-ring (bicyclic) bond motifs is 1. The van der Waals surface area contributed by atoms with E-state index in [9.17, 15) is 14.4 Å². The zero-order valence-corrected chi connectivity index (χ0v) is 17.5. The Morgan fingerprint density at radius 3 is 2.29 bits per heavy atom. The third-order valence-corrected chi connectivity index (χ3v) is 5.06. The molecule has 1 heterocycles. The SMILES string of the molecule is CCOC(=O)C1Oc2ccc(C=O)c(Br)c2O1.O=Cc1ccc(O)c(O)c1Br. The van der Waals surface area contributed by atoms with Crippen molar-refractivity contribution in [3.8, 4) is 23.0 Å². The van der Waals surface area contributed by atoms with Gasteiger partial charge in [-0.15, -0.1) is 0 Å². The summed E-state index contributed by atoms with van der Waals surface area (Å²) >= 11 is 6.17. The van der Waals surface area contributed by atoms with E-state index in [-0.39, 0.29) is 22.6 Å². The standard InChI is InChI=1S/C11H9BrO5.C7H5BrO3/c1-2-15-10(14)11-16-7-4-3-6(5-13)8(12)9(7)17-11;8-6-4(3-9)1-2-5(10)7(6)11/h3-5,11H,2H2,1H3;1-3,10-11H. The molecule has 2 aromatic carbocycles. The summed E-state index contributed by atoms with van der Waals surface area (Å²) in [6.07, 6.45) is 0.164. The fourth-order valence-electron chi connectivity index (χ4n) is 2.06. The molecule has 8 nitrogen and oxygen atoms in total. The molecule has 2 N–H and O–H groups in total. The first kappa shape index (κ1) is 21.7. The Morgan fingerprint density at radius 1 is 1.07 bits per heavy atom. The molecular weight excluding hydrogens is 504 g/mol. The van der Waals surface area contributed by atoms with Crippen molar-refractivity contribution in [3.05, 3.63) is 44.3 Å². The number of benzene rings is 2. The molecule has 1 aliphatic heterocycles. The van der Waals surface area contributed by atoms with Gasteiger partial charge in [0.25, 0.3) is 0 Å².